The van der Waals surface area contributed by atoms with Crippen LogP contribution < -0.4 is 16.2 Å². The Bertz CT molecular complexity index is 695. The highest BCUT2D eigenvalue weighted by molar-refractivity contribution is 6.04. The molecular weight excluding hydrogens is 292 g/mol. The van der Waals surface area contributed by atoms with E-state index in [0.717, 1.165) is 19.4 Å². The van der Waals surface area contributed by atoms with Gasteiger partial charge in [-0.1, -0.05) is 18.2 Å². The number of amides is 1. The summed E-state index contributed by atoms with van der Waals surface area (Å²) in [6.07, 6.45) is 2.21. The lowest BCUT2D eigenvalue weighted by Gasteiger charge is -2.11. The second-order valence-electron chi connectivity index (χ2n) is 4.95. The van der Waals surface area contributed by atoms with Gasteiger partial charge in [0.25, 0.3) is 11.5 Å². The fraction of sp³-hybridized carbons (Fsp3) is 0.357. The Kier molecular flexibility index (Phi) is 4.93. The molecule has 3 N–H and O–H groups in total. The van der Waals surface area contributed by atoms with E-state index in [1.54, 1.807) is 24.3 Å². The van der Waals surface area contributed by atoms with E-state index in [2.05, 4.69) is 20.8 Å². The van der Waals surface area contributed by atoms with Gasteiger partial charge < -0.3 is 10.6 Å². The standard InChI is InChI=1S/C14H16N4O2.ClH/c19-13-11-6-2-1-5-10(11)12(17-18-13)14(20)16-8-9-4-3-7-15-9;/h1-2,5-6,9,15H,3-4,7-8H2,(H,16,20)(H,18,19);1H. The zero-order chi connectivity index (χ0) is 13.9. The highest BCUT2D eigenvalue weighted by Crippen LogP contribution is 2.12. The number of H-pyrrole nitrogens is 1. The SMILES string of the molecule is Cl.O=C(NCC1CCCN1)c1n[nH]c(=O)c2ccccc12. The molecule has 1 saturated heterocycles. The van der Waals surface area contributed by atoms with E-state index in [1.165, 1.54) is 0 Å². The van der Waals surface area contributed by atoms with Gasteiger partial charge in [0.2, 0.25) is 0 Å². The van der Waals surface area contributed by atoms with E-state index in [4.69, 9.17) is 0 Å². The summed E-state index contributed by atoms with van der Waals surface area (Å²) in [5.41, 5.74) is -0.0205. The zero-order valence-corrected chi connectivity index (χ0v) is 12.2. The van der Waals surface area contributed by atoms with Crippen LogP contribution in [-0.2, 0) is 0 Å². The van der Waals surface area contributed by atoms with Crippen molar-refractivity contribution >= 4 is 29.1 Å². The van der Waals surface area contributed by atoms with E-state index in [0.29, 0.717) is 23.4 Å². The van der Waals surface area contributed by atoms with Gasteiger partial charge in [-0.2, -0.15) is 5.10 Å². The molecule has 0 saturated carbocycles. The zero-order valence-electron chi connectivity index (χ0n) is 11.4. The maximum atomic E-state index is 12.2. The third-order valence-electron chi connectivity index (χ3n) is 3.58. The van der Waals surface area contributed by atoms with Gasteiger partial charge in [0.15, 0.2) is 5.69 Å². The van der Waals surface area contributed by atoms with E-state index in [9.17, 15) is 9.59 Å². The Hall–Kier alpha value is -1.92. The number of hydrogen-bond acceptors (Lipinski definition) is 4. The second kappa shape index (κ2) is 6.69. The summed E-state index contributed by atoms with van der Waals surface area (Å²) >= 11 is 0. The molecule has 1 atom stereocenters. The lowest BCUT2D eigenvalue weighted by atomic mass is 10.1. The summed E-state index contributed by atoms with van der Waals surface area (Å²) in [5, 5.41) is 13.5. The number of carbonyl (C=O) groups is 1. The van der Waals surface area contributed by atoms with Crippen LogP contribution in [0.3, 0.4) is 0 Å². The molecule has 6 nitrogen and oxygen atoms in total. The molecule has 1 aromatic carbocycles. The predicted octanol–water partition coefficient (Wildman–Crippen LogP) is 0.827. The number of carbonyl (C=O) groups excluding carboxylic acids is 1. The van der Waals surface area contributed by atoms with Crippen molar-refractivity contribution in [3.05, 3.63) is 40.3 Å². The van der Waals surface area contributed by atoms with E-state index in [1.807, 2.05) is 0 Å². The van der Waals surface area contributed by atoms with Gasteiger partial charge in [0, 0.05) is 18.0 Å². The number of aromatic amines is 1. The highest BCUT2D eigenvalue weighted by Gasteiger charge is 2.17. The van der Waals surface area contributed by atoms with Gasteiger partial charge in [-0.3, -0.25) is 9.59 Å². The number of nitrogens with one attached hydrogen (secondary N) is 3. The summed E-state index contributed by atoms with van der Waals surface area (Å²) < 4.78 is 0. The van der Waals surface area contributed by atoms with E-state index >= 15 is 0 Å². The quantitative estimate of drug-likeness (QED) is 0.784. The molecule has 7 heteroatoms. The van der Waals surface area contributed by atoms with E-state index in [-0.39, 0.29) is 29.6 Å². The topological polar surface area (TPSA) is 86.9 Å². The fourth-order valence-corrected chi connectivity index (χ4v) is 2.52. The molecule has 0 spiro atoms. The first kappa shape index (κ1) is 15.5. The van der Waals surface area contributed by atoms with Crippen LogP contribution in [0.1, 0.15) is 23.3 Å². The van der Waals surface area contributed by atoms with Crippen LogP contribution in [0.2, 0.25) is 0 Å². The van der Waals surface area contributed by atoms with Crippen molar-refractivity contribution in [3.63, 3.8) is 0 Å². The Morgan fingerprint density at radius 2 is 2.10 bits per heavy atom. The van der Waals surface area contributed by atoms with Crippen LogP contribution in [0, 0.1) is 0 Å². The monoisotopic (exact) mass is 308 g/mol. The predicted molar refractivity (Wildman–Crippen MR) is 83.0 cm³/mol. The van der Waals surface area contributed by atoms with E-state index < -0.39 is 0 Å². The van der Waals surface area contributed by atoms with Gasteiger partial charge in [-0.25, -0.2) is 5.10 Å². The molecule has 2 heterocycles. The van der Waals surface area contributed by atoms with Crippen molar-refractivity contribution in [2.24, 2.45) is 0 Å². The van der Waals surface area contributed by atoms with Gasteiger partial charge in [0.1, 0.15) is 0 Å². The molecule has 1 unspecified atom stereocenters. The molecule has 1 amide bonds. The van der Waals surface area contributed by atoms with Gasteiger partial charge >= 0.3 is 0 Å². The third kappa shape index (κ3) is 3.22. The Balaban J connectivity index is 0.00000161. The van der Waals surface area contributed by atoms with Crippen molar-refractivity contribution < 1.29 is 4.79 Å². The fourth-order valence-electron chi connectivity index (χ4n) is 2.52. The van der Waals surface area contributed by atoms with Crippen molar-refractivity contribution in [3.8, 4) is 0 Å². The number of benzene rings is 1. The Labute approximate surface area is 127 Å². The van der Waals surface area contributed by atoms with Crippen LogP contribution in [0.15, 0.2) is 29.1 Å². The number of hydrogen-bond donors (Lipinski definition) is 3. The van der Waals surface area contributed by atoms with Crippen molar-refractivity contribution in [2.45, 2.75) is 18.9 Å². The molecule has 1 aliphatic rings. The van der Waals surface area contributed by atoms with Crippen LogP contribution in [0.4, 0.5) is 0 Å². The summed E-state index contributed by atoms with van der Waals surface area (Å²) in [5.74, 6) is -0.258. The van der Waals surface area contributed by atoms with Gasteiger partial charge in [-0.05, 0) is 25.5 Å². The first-order chi connectivity index (χ1) is 9.75. The molecule has 3 rings (SSSR count). The summed E-state index contributed by atoms with van der Waals surface area (Å²) in [6, 6.07) is 7.30. The minimum Gasteiger partial charge on any atom is -0.349 e. The highest BCUT2D eigenvalue weighted by atomic mass is 35.5. The molecule has 21 heavy (non-hydrogen) atoms. The summed E-state index contributed by atoms with van der Waals surface area (Å²) in [7, 11) is 0. The summed E-state index contributed by atoms with van der Waals surface area (Å²) in [6.45, 7) is 1.58. The molecule has 112 valence electrons. The first-order valence-electron chi connectivity index (χ1n) is 6.75. The van der Waals surface area contributed by atoms with Crippen molar-refractivity contribution in [2.75, 3.05) is 13.1 Å². The van der Waals surface area contributed by atoms with Crippen molar-refractivity contribution in [1.82, 2.24) is 20.8 Å². The smallest absolute Gasteiger partial charge is 0.272 e. The first-order valence-corrected chi connectivity index (χ1v) is 6.75. The molecule has 0 aliphatic carbocycles. The van der Waals surface area contributed by atoms with Crippen LogP contribution >= 0.6 is 12.4 Å². The third-order valence-corrected chi connectivity index (χ3v) is 3.58. The number of nitrogens with zero attached hydrogens (tertiary/aromatic N) is 1. The minimum atomic E-state index is -0.283. The normalized spacial score (nSPS) is 17.4. The van der Waals surface area contributed by atoms with Crippen LogP contribution in [0.5, 0.6) is 0 Å². The van der Waals surface area contributed by atoms with Crippen LogP contribution in [0.25, 0.3) is 10.8 Å². The number of rotatable bonds is 3. The lowest BCUT2D eigenvalue weighted by molar-refractivity contribution is 0.0946. The largest absolute Gasteiger partial charge is 0.349 e. The molecule has 1 fully saturated rings. The van der Waals surface area contributed by atoms with Gasteiger partial charge in [0.05, 0.1) is 5.39 Å². The van der Waals surface area contributed by atoms with Crippen LogP contribution in [-0.4, -0.2) is 35.2 Å². The Morgan fingerprint density at radius 1 is 1.33 bits per heavy atom. The van der Waals surface area contributed by atoms with Gasteiger partial charge in [-0.15, -0.1) is 12.4 Å². The molecular formula is C14H17ClN4O2. The molecule has 2 aromatic rings. The number of aromatic nitrogens is 2. The number of fused-ring (bicyclic) bond motifs is 1. The maximum absolute atomic E-state index is 12.2. The lowest BCUT2D eigenvalue weighted by Crippen LogP contribution is -2.37. The number of halogens is 1. The molecule has 1 aromatic heterocycles. The molecule has 0 radical (unpaired) electrons. The second-order valence-corrected chi connectivity index (χ2v) is 4.95. The average molecular weight is 309 g/mol. The van der Waals surface area contributed by atoms with Crippen molar-refractivity contribution in [1.29, 1.82) is 0 Å². The summed E-state index contributed by atoms with van der Waals surface area (Å²) in [4.78, 5) is 23.9. The minimum absolute atomic E-state index is 0. The molecule has 0 bridgehead atoms. The Morgan fingerprint density at radius 3 is 2.81 bits per heavy atom. The maximum Gasteiger partial charge on any atom is 0.272 e. The average Bonchev–Trinajstić information content (AvgIpc) is 2.99. The molecule has 1 aliphatic heterocycles.